The van der Waals surface area contributed by atoms with Gasteiger partial charge in [0.05, 0.1) is 24.5 Å². The van der Waals surface area contributed by atoms with E-state index in [0.29, 0.717) is 59.5 Å². The van der Waals surface area contributed by atoms with Crippen LogP contribution < -0.4 is 24.4 Å². The fourth-order valence-corrected chi connectivity index (χ4v) is 3.54. The largest absolute Gasteiger partial charge is 0.490 e. The Morgan fingerprint density at radius 3 is 2.51 bits per heavy atom. The average Bonchev–Trinajstić information content (AvgIpc) is 2.88. The first-order valence-corrected chi connectivity index (χ1v) is 12.0. The lowest BCUT2D eigenvalue weighted by molar-refractivity contribution is 0.0954. The van der Waals surface area contributed by atoms with Crippen LogP contribution >= 0.6 is 11.6 Å². The topological polar surface area (TPSA) is 78.4 Å². The van der Waals surface area contributed by atoms with Crippen molar-refractivity contribution >= 4 is 23.7 Å². The van der Waals surface area contributed by atoms with Crippen LogP contribution in [0.15, 0.2) is 72.4 Å². The molecule has 0 fully saturated rings. The van der Waals surface area contributed by atoms with E-state index in [1.54, 1.807) is 48.5 Å². The first-order chi connectivity index (χ1) is 17.9. The van der Waals surface area contributed by atoms with Gasteiger partial charge in [-0.1, -0.05) is 36.4 Å². The second kappa shape index (κ2) is 13.9. The molecule has 7 nitrogen and oxygen atoms in total. The number of carbonyl (C=O) groups is 1. The highest BCUT2D eigenvalue weighted by Gasteiger charge is 2.14. The predicted molar refractivity (Wildman–Crippen MR) is 142 cm³/mol. The van der Waals surface area contributed by atoms with E-state index < -0.39 is 5.91 Å². The van der Waals surface area contributed by atoms with Crippen LogP contribution in [0.5, 0.6) is 23.0 Å². The predicted octanol–water partition coefficient (Wildman–Crippen LogP) is 6.18. The van der Waals surface area contributed by atoms with Crippen molar-refractivity contribution in [2.75, 3.05) is 19.8 Å². The number of nitrogens with zero attached hydrogens (tertiary/aromatic N) is 1. The summed E-state index contributed by atoms with van der Waals surface area (Å²) < 4.78 is 36.1. The van der Waals surface area contributed by atoms with Gasteiger partial charge in [0.2, 0.25) is 0 Å². The molecule has 0 aliphatic rings. The summed E-state index contributed by atoms with van der Waals surface area (Å²) in [4.78, 5) is 12.6. The summed E-state index contributed by atoms with van der Waals surface area (Å²) in [7, 11) is 0. The molecule has 1 N–H and O–H groups in total. The molecule has 0 radical (unpaired) electrons. The van der Waals surface area contributed by atoms with E-state index in [-0.39, 0.29) is 17.4 Å². The average molecular weight is 527 g/mol. The van der Waals surface area contributed by atoms with Gasteiger partial charge in [-0.15, -0.1) is 0 Å². The van der Waals surface area contributed by atoms with Crippen LogP contribution in [-0.2, 0) is 6.61 Å². The Labute approximate surface area is 220 Å². The van der Waals surface area contributed by atoms with Crippen LogP contribution in [0.4, 0.5) is 4.39 Å². The molecule has 3 aromatic rings. The summed E-state index contributed by atoms with van der Waals surface area (Å²) in [6, 6.07) is 14.3. The summed E-state index contributed by atoms with van der Waals surface area (Å²) in [5.41, 5.74) is 4.06. The third-order valence-corrected chi connectivity index (χ3v) is 5.13. The highest BCUT2D eigenvalue weighted by atomic mass is 35.5. The molecule has 0 saturated heterocycles. The van der Waals surface area contributed by atoms with Crippen molar-refractivity contribution in [1.82, 2.24) is 5.43 Å². The SMILES string of the molecule is C=CCOc1ccc(C(=O)N/N=C/c2cc(Cl)c(OCc3cccc(F)c3)c(OCC)c2)cc1OCC. The third-order valence-electron chi connectivity index (χ3n) is 4.85. The minimum absolute atomic E-state index is 0.113. The van der Waals surface area contributed by atoms with Gasteiger partial charge in [-0.3, -0.25) is 4.79 Å². The molecular weight excluding hydrogens is 499 g/mol. The smallest absolute Gasteiger partial charge is 0.271 e. The molecule has 0 atom stereocenters. The summed E-state index contributed by atoms with van der Waals surface area (Å²) in [6.45, 7) is 8.51. The molecule has 37 heavy (non-hydrogen) atoms. The number of amides is 1. The Bertz CT molecular complexity index is 1270. The normalized spacial score (nSPS) is 10.7. The van der Waals surface area contributed by atoms with E-state index in [1.807, 2.05) is 13.8 Å². The molecule has 0 aliphatic carbocycles. The molecule has 0 saturated carbocycles. The van der Waals surface area contributed by atoms with Crippen molar-refractivity contribution in [3.63, 3.8) is 0 Å². The van der Waals surface area contributed by atoms with Crippen LogP contribution in [-0.4, -0.2) is 31.9 Å². The fraction of sp³-hybridized carbons (Fsp3) is 0.214. The van der Waals surface area contributed by atoms with Crippen molar-refractivity contribution in [1.29, 1.82) is 0 Å². The number of hydrazone groups is 1. The molecule has 0 spiro atoms. The van der Waals surface area contributed by atoms with Crippen molar-refractivity contribution in [2.24, 2.45) is 5.10 Å². The molecule has 9 heteroatoms. The second-order valence-corrected chi connectivity index (χ2v) is 7.98. The standard InChI is InChI=1S/C28H28ClFN2O5/c1-4-12-36-24-11-10-21(16-25(24)34-5-2)28(33)32-31-17-20-14-23(29)27(26(15-20)35-6-3)37-18-19-8-7-9-22(30)13-19/h4,7-11,13-17H,1,5-6,12,18H2,2-3H3,(H,32,33)/b31-17+. The number of ether oxygens (including phenoxy) is 4. The molecule has 0 aliphatic heterocycles. The Morgan fingerprint density at radius 2 is 1.78 bits per heavy atom. The zero-order valence-electron chi connectivity index (χ0n) is 20.6. The van der Waals surface area contributed by atoms with Gasteiger partial charge >= 0.3 is 0 Å². The first kappa shape index (κ1) is 27.5. The van der Waals surface area contributed by atoms with Crippen LogP contribution in [0.25, 0.3) is 0 Å². The zero-order chi connectivity index (χ0) is 26.6. The van der Waals surface area contributed by atoms with E-state index >= 15 is 0 Å². The van der Waals surface area contributed by atoms with E-state index in [0.717, 1.165) is 0 Å². The van der Waals surface area contributed by atoms with Gasteiger partial charge in [-0.05, 0) is 67.4 Å². The Balaban J connectivity index is 1.71. The molecule has 0 aromatic heterocycles. The van der Waals surface area contributed by atoms with Gasteiger partial charge < -0.3 is 18.9 Å². The van der Waals surface area contributed by atoms with Gasteiger partial charge in [-0.25, -0.2) is 9.82 Å². The van der Waals surface area contributed by atoms with Crippen molar-refractivity contribution in [2.45, 2.75) is 20.5 Å². The zero-order valence-corrected chi connectivity index (χ0v) is 21.4. The number of hydrogen-bond acceptors (Lipinski definition) is 6. The maximum Gasteiger partial charge on any atom is 0.271 e. The molecule has 3 aromatic carbocycles. The summed E-state index contributed by atoms with van der Waals surface area (Å²) in [6.07, 6.45) is 3.06. The molecule has 1 amide bonds. The molecule has 0 unspecified atom stereocenters. The lowest BCUT2D eigenvalue weighted by atomic mass is 10.2. The Kier molecular flexibility index (Phi) is 10.3. The molecular formula is C28H28ClFN2O5. The summed E-state index contributed by atoms with van der Waals surface area (Å²) in [5, 5.41) is 4.32. The van der Waals surface area contributed by atoms with E-state index in [4.69, 9.17) is 30.5 Å². The molecule has 0 bridgehead atoms. The van der Waals surface area contributed by atoms with Crippen LogP contribution in [0.3, 0.4) is 0 Å². The summed E-state index contributed by atoms with van der Waals surface area (Å²) in [5.74, 6) is 0.907. The molecule has 3 rings (SSSR count). The number of hydrogen-bond donors (Lipinski definition) is 1. The quantitative estimate of drug-likeness (QED) is 0.163. The maximum absolute atomic E-state index is 13.5. The van der Waals surface area contributed by atoms with Crippen LogP contribution in [0.2, 0.25) is 5.02 Å². The van der Waals surface area contributed by atoms with Gasteiger partial charge in [0.25, 0.3) is 5.91 Å². The number of carbonyl (C=O) groups excluding carboxylic acids is 1. The van der Waals surface area contributed by atoms with E-state index in [2.05, 4.69) is 17.1 Å². The van der Waals surface area contributed by atoms with Gasteiger partial charge in [0, 0.05) is 5.56 Å². The highest BCUT2D eigenvalue weighted by Crippen LogP contribution is 2.37. The van der Waals surface area contributed by atoms with Gasteiger partial charge in [-0.2, -0.15) is 5.10 Å². The van der Waals surface area contributed by atoms with Crippen LogP contribution in [0, 0.1) is 5.82 Å². The van der Waals surface area contributed by atoms with E-state index in [9.17, 15) is 9.18 Å². The number of nitrogens with one attached hydrogen (secondary N) is 1. The minimum atomic E-state index is -0.432. The van der Waals surface area contributed by atoms with Gasteiger partial charge in [0.15, 0.2) is 23.0 Å². The van der Waals surface area contributed by atoms with Gasteiger partial charge in [0.1, 0.15) is 19.0 Å². The Hall–Kier alpha value is -4.04. The summed E-state index contributed by atoms with van der Waals surface area (Å²) >= 11 is 6.44. The molecule has 194 valence electrons. The van der Waals surface area contributed by atoms with Crippen LogP contribution in [0.1, 0.15) is 35.3 Å². The third kappa shape index (κ3) is 7.98. The van der Waals surface area contributed by atoms with E-state index in [1.165, 1.54) is 18.3 Å². The van der Waals surface area contributed by atoms with Crippen molar-refractivity contribution in [3.8, 4) is 23.0 Å². The molecule has 0 heterocycles. The van der Waals surface area contributed by atoms with Crippen molar-refractivity contribution < 1.29 is 28.1 Å². The highest BCUT2D eigenvalue weighted by molar-refractivity contribution is 6.32. The number of rotatable bonds is 13. The lowest BCUT2D eigenvalue weighted by Crippen LogP contribution is -2.17. The second-order valence-electron chi connectivity index (χ2n) is 7.57. The minimum Gasteiger partial charge on any atom is -0.490 e. The first-order valence-electron chi connectivity index (χ1n) is 11.6. The monoisotopic (exact) mass is 526 g/mol. The number of benzene rings is 3. The maximum atomic E-state index is 13.5. The number of halogens is 2. The fourth-order valence-electron chi connectivity index (χ4n) is 3.26. The Morgan fingerprint density at radius 1 is 1.00 bits per heavy atom. The van der Waals surface area contributed by atoms with Crippen molar-refractivity contribution in [3.05, 3.63) is 94.8 Å². The lowest BCUT2D eigenvalue weighted by Gasteiger charge is -2.14.